The molecule has 1 aliphatic heterocycles. The summed E-state index contributed by atoms with van der Waals surface area (Å²) in [6.07, 6.45) is 9.37. The van der Waals surface area contributed by atoms with Crippen LogP contribution in [-0.4, -0.2) is 9.97 Å². The van der Waals surface area contributed by atoms with Crippen LogP contribution in [0.3, 0.4) is 0 Å². The third kappa shape index (κ3) is 0.719. The molecule has 0 spiro atoms. The van der Waals surface area contributed by atoms with Crippen molar-refractivity contribution >= 4 is 11.9 Å². The van der Waals surface area contributed by atoms with E-state index in [-0.39, 0.29) is 0 Å². The Morgan fingerprint density at radius 3 is 3.30 bits per heavy atom. The first kappa shape index (κ1) is 5.29. The minimum atomic E-state index is 0.880. The van der Waals surface area contributed by atoms with Crippen molar-refractivity contribution in [2.24, 2.45) is 0 Å². The van der Waals surface area contributed by atoms with Gasteiger partial charge in [-0.25, -0.2) is 4.98 Å². The van der Waals surface area contributed by atoms with E-state index in [0.717, 1.165) is 11.5 Å². The zero-order valence-electron chi connectivity index (χ0n) is 5.33. The Morgan fingerprint density at radius 1 is 1.30 bits per heavy atom. The molecule has 0 radical (unpaired) electrons. The van der Waals surface area contributed by atoms with Gasteiger partial charge in [0, 0.05) is 6.20 Å². The Hall–Kier alpha value is -1.51. The highest BCUT2D eigenvalue weighted by Gasteiger charge is 1.99. The topological polar surface area (TPSA) is 40.7 Å². The Bertz CT molecular complexity index is 283. The van der Waals surface area contributed by atoms with Gasteiger partial charge in [-0.3, -0.25) is 0 Å². The number of fused-ring (bicyclic) bond motifs is 1. The van der Waals surface area contributed by atoms with E-state index in [4.69, 9.17) is 0 Å². The van der Waals surface area contributed by atoms with Gasteiger partial charge < -0.3 is 10.3 Å². The molecule has 10 heavy (non-hydrogen) atoms. The van der Waals surface area contributed by atoms with Gasteiger partial charge in [-0.1, -0.05) is 6.08 Å². The van der Waals surface area contributed by atoms with E-state index in [1.54, 1.807) is 6.33 Å². The molecular formula is C7H7N3. The maximum Gasteiger partial charge on any atom is 0.155 e. The molecule has 1 aromatic rings. The van der Waals surface area contributed by atoms with E-state index in [2.05, 4.69) is 15.3 Å². The average Bonchev–Trinajstić information content (AvgIpc) is 2.28. The molecule has 3 nitrogen and oxygen atoms in total. The van der Waals surface area contributed by atoms with Gasteiger partial charge in [-0.2, -0.15) is 0 Å². The lowest BCUT2D eigenvalue weighted by molar-refractivity contribution is 1.30. The monoisotopic (exact) mass is 133 g/mol. The van der Waals surface area contributed by atoms with Crippen LogP contribution in [-0.2, 0) is 0 Å². The zero-order chi connectivity index (χ0) is 6.81. The van der Waals surface area contributed by atoms with Gasteiger partial charge in [-0.15, -0.1) is 0 Å². The molecule has 0 bridgehead atoms. The molecule has 2 N–H and O–H groups in total. The lowest BCUT2D eigenvalue weighted by Gasteiger charge is -1.92. The third-order valence-electron chi connectivity index (χ3n) is 1.36. The summed E-state index contributed by atoms with van der Waals surface area (Å²) in [5, 5.41) is 3.02. The van der Waals surface area contributed by atoms with E-state index in [1.807, 2.05) is 24.4 Å². The highest BCUT2D eigenvalue weighted by Crippen LogP contribution is 2.12. The summed E-state index contributed by atoms with van der Waals surface area (Å²) in [7, 11) is 0. The molecule has 50 valence electrons. The zero-order valence-corrected chi connectivity index (χ0v) is 5.33. The second-order valence-corrected chi connectivity index (χ2v) is 2.03. The van der Waals surface area contributed by atoms with Crippen LogP contribution in [0.5, 0.6) is 0 Å². The van der Waals surface area contributed by atoms with Crippen LogP contribution in [0.1, 0.15) is 5.69 Å². The molecule has 2 heterocycles. The smallest absolute Gasteiger partial charge is 0.155 e. The SMILES string of the molecule is C1=CNc2nc[nH]c2C=C1. The molecule has 0 fully saturated rings. The molecule has 1 aliphatic rings. The fourth-order valence-electron chi connectivity index (χ4n) is 0.881. The normalized spacial score (nSPS) is 14.0. The lowest BCUT2D eigenvalue weighted by Crippen LogP contribution is -1.86. The molecule has 0 amide bonds. The predicted octanol–water partition coefficient (Wildman–Crippen LogP) is 1.36. The first-order valence-electron chi connectivity index (χ1n) is 3.10. The fraction of sp³-hybridized carbons (Fsp3) is 0. The summed E-state index contributed by atoms with van der Waals surface area (Å²) in [5.74, 6) is 0.880. The van der Waals surface area contributed by atoms with Crippen LogP contribution >= 0.6 is 0 Å². The number of nitrogens with one attached hydrogen (secondary N) is 2. The number of anilines is 1. The van der Waals surface area contributed by atoms with Gasteiger partial charge in [-0.05, 0) is 12.2 Å². The minimum absolute atomic E-state index is 0.880. The van der Waals surface area contributed by atoms with Gasteiger partial charge in [0.2, 0.25) is 0 Å². The summed E-state index contributed by atoms with van der Waals surface area (Å²) in [6.45, 7) is 0. The van der Waals surface area contributed by atoms with E-state index < -0.39 is 0 Å². The van der Waals surface area contributed by atoms with E-state index in [9.17, 15) is 0 Å². The third-order valence-corrected chi connectivity index (χ3v) is 1.36. The molecule has 1 aromatic heterocycles. The van der Waals surface area contributed by atoms with Crippen LogP contribution in [0.15, 0.2) is 24.7 Å². The second-order valence-electron chi connectivity index (χ2n) is 2.03. The summed E-state index contributed by atoms with van der Waals surface area (Å²) in [4.78, 5) is 7.04. The van der Waals surface area contributed by atoms with E-state index in [1.165, 1.54) is 0 Å². The van der Waals surface area contributed by atoms with E-state index >= 15 is 0 Å². The van der Waals surface area contributed by atoms with Crippen LogP contribution in [0, 0.1) is 0 Å². The van der Waals surface area contributed by atoms with Crippen molar-refractivity contribution in [2.45, 2.75) is 0 Å². The number of imidazole rings is 1. The Kier molecular flexibility index (Phi) is 1.07. The van der Waals surface area contributed by atoms with Gasteiger partial charge in [0.1, 0.15) is 0 Å². The number of allylic oxidation sites excluding steroid dienone is 2. The van der Waals surface area contributed by atoms with Crippen LogP contribution < -0.4 is 5.32 Å². The summed E-state index contributed by atoms with van der Waals surface area (Å²) < 4.78 is 0. The molecule has 0 saturated heterocycles. The number of H-pyrrole nitrogens is 1. The number of nitrogens with zero attached hydrogens (tertiary/aromatic N) is 1. The van der Waals surface area contributed by atoms with Crippen LogP contribution in [0.4, 0.5) is 5.82 Å². The van der Waals surface area contributed by atoms with Crippen molar-refractivity contribution in [1.29, 1.82) is 0 Å². The number of hydrogen-bond donors (Lipinski definition) is 2. The summed E-state index contributed by atoms with van der Waals surface area (Å²) >= 11 is 0. The van der Waals surface area contributed by atoms with Crippen molar-refractivity contribution in [2.75, 3.05) is 5.32 Å². The fourth-order valence-corrected chi connectivity index (χ4v) is 0.881. The van der Waals surface area contributed by atoms with Crippen molar-refractivity contribution in [3.63, 3.8) is 0 Å². The summed E-state index contributed by atoms with van der Waals surface area (Å²) in [5.41, 5.74) is 1.02. The molecule has 2 rings (SSSR count). The number of hydrogen-bond acceptors (Lipinski definition) is 2. The molecule has 0 saturated carbocycles. The van der Waals surface area contributed by atoms with Gasteiger partial charge in [0.25, 0.3) is 0 Å². The van der Waals surface area contributed by atoms with Gasteiger partial charge >= 0.3 is 0 Å². The van der Waals surface area contributed by atoms with Crippen LogP contribution in [0.2, 0.25) is 0 Å². The molecule has 0 aromatic carbocycles. The molecule has 0 unspecified atom stereocenters. The Balaban J connectivity index is 2.50. The van der Waals surface area contributed by atoms with Crippen molar-refractivity contribution in [1.82, 2.24) is 9.97 Å². The quantitative estimate of drug-likeness (QED) is 0.561. The van der Waals surface area contributed by atoms with E-state index in [0.29, 0.717) is 0 Å². The standard InChI is InChI=1S/C7H7N3/c1-2-4-8-7-6(3-1)9-5-10-7/h1-5,8H,(H,9,10). The van der Waals surface area contributed by atoms with Gasteiger partial charge in [0.15, 0.2) is 5.82 Å². The maximum absolute atomic E-state index is 4.05. The number of aromatic amines is 1. The number of rotatable bonds is 0. The van der Waals surface area contributed by atoms with Crippen molar-refractivity contribution in [3.05, 3.63) is 30.4 Å². The largest absolute Gasteiger partial charge is 0.345 e. The lowest BCUT2D eigenvalue weighted by atomic mass is 10.4. The molecule has 0 atom stereocenters. The van der Waals surface area contributed by atoms with Crippen molar-refractivity contribution in [3.8, 4) is 0 Å². The highest BCUT2D eigenvalue weighted by molar-refractivity contribution is 5.63. The molecule has 0 aliphatic carbocycles. The number of aromatic nitrogens is 2. The van der Waals surface area contributed by atoms with Crippen molar-refractivity contribution < 1.29 is 0 Å². The second kappa shape index (κ2) is 2.02. The molecule has 3 heteroatoms. The van der Waals surface area contributed by atoms with Crippen LogP contribution in [0.25, 0.3) is 6.08 Å². The Morgan fingerprint density at radius 2 is 2.30 bits per heavy atom. The predicted molar refractivity (Wildman–Crippen MR) is 40.4 cm³/mol. The Labute approximate surface area is 58.5 Å². The van der Waals surface area contributed by atoms with Gasteiger partial charge in [0.05, 0.1) is 12.0 Å². The first-order chi connectivity index (χ1) is 4.97. The summed E-state index contributed by atoms with van der Waals surface area (Å²) in [6, 6.07) is 0. The highest BCUT2D eigenvalue weighted by atomic mass is 15.0. The minimum Gasteiger partial charge on any atom is -0.345 e. The maximum atomic E-state index is 4.05. The molecular weight excluding hydrogens is 126 g/mol. The average molecular weight is 133 g/mol. The first-order valence-corrected chi connectivity index (χ1v) is 3.10.